The van der Waals surface area contributed by atoms with E-state index in [4.69, 9.17) is 24.6 Å². The van der Waals surface area contributed by atoms with Crippen LogP contribution in [0, 0.1) is 5.41 Å². The Kier molecular flexibility index (Phi) is 6.74. The minimum Gasteiger partial charge on any atom is -0.510 e. The number of amidine groups is 1. The summed E-state index contributed by atoms with van der Waals surface area (Å²) in [5.74, 6) is 1.85. The maximum Gasteiger partial charge on any atom is 0.161 e. The van der Waals surface area contributed by atoms with Gasteiger partial charge < -0.3 is 24.2 Å². The SMILES string of the molecule is COc1ccc(-c2csc(C3=C(O)CN(CCCN4CCOCC4)C3=N)n2)cc1OC. The molecule has 31 heavy (non-hydrogen) atoms. The Morgan fingerprint density at radius 1 is 1.16 bits per heavy atom. The minimum atomic E-state index is 0.213. The Morgan fingerprint density at radius 2 is 1.94 bits per heavy atom. The van der Waals surface area contributed by atoms with Gasteiger partial charge in [-0.25, -0.2) is 4.98 Å². The quantitative estimate of drug-likeness (QED) is 0.646. The zero-order valence-corrected chi connectivity index (χ0v) is 18.7. The normalized spacial score (nSPS) is 17.5. The molecule has 0 radical (unpaired) electrons. The molecule has 2 aromatic rings. The van der Waals surface area contributed by atoms with Crippen molar-refractivity contribution in [1.29, 1.82) is 5.41 Å². The van der Waals surface area contributed by atoms with Gasteiger partial charge in [-0.3, -0.25) is 10.3 Å². The first-order valence-corrected chi connectivity index (χ1v) is 11.2. The molecular formula is C22H28N4O4S. The molecule has 2 N–H and O–H groups in total. The van der Waals surface area contributed by atoms with Crippen molar-refractivity contribution >= 4 is 22.7 Å². The molecule has 0 unspecified atom stereocenters. The molecule has 8 nitrogen and oxygen atoms in total. The van der Waals surface area contributed by atoms with Crippen LogP contribution in [0.1, 0.15) is 11.4 Å². The third-order valence-corrected chi connectivity index (χ3v) is 6.45. The van der Waals surface area contributed by atoms with E-state index < -0.39 is 0 Å². The summed E-state index contributed by atoms with van der Waals surface area (Å²) in [6.45, 7) is 5.58. The van der Waals surface area contributed by atoms with Crippen molar-refractivity contribution in [2.75, 3.05) is 60.2 Å². The minimum absolute atomic E-state index is 0.213. The van der Waals surface area contributed by atoms with Gasteiger partial charge in [-0.2, -0.15) is 0 Å². The fraction of sp³-hybridized carbons (Fsp3) is 0.455. The summed E-state index contributed by atoms with van der Waals surface area (Å²) in [5, 5.41) is 21.7. The first-order valence-electron chi connectivity index (χ1n) is 10.3. The standard InChI is InChI=1S/C22H28N4O4S/c1-28-18-5-4-15(12-19(18)29-2)16-14-31-22(24-16)20-17(27)13-26(21(20)23)7-3-6-25-8-10-30-11-9-25/h4-5,12,14,23,27H,3,6-11,13H2,1-2H3. The van der Waals surface area contributed by atoms with Crippen LogP contribution in [0.2, 0.25) is 0 Å². The molecule has 2 aliphatic heterocycles. The number of methoxy groups -OCH3 is 2. The van der Waals surface area contributed by atoms with Gasteiger partial charge in [0.2, 0.25) is 0 Å². The highest BCUT2D eigenvalue weighted by atomic mass is 32.1. The molecule has 1 aromatic carbocycles. The number of aliphatic hydroxyl groups is 1. The summed E-state index contributed by atoms with van der Waals surface area (Å²) in [5.41, 5.74) is 2.20. The molecule has 0 atom stereocenters. The van der Waals surface area contributed by atoms with E-state index >= 15 is 0 Å². The number of hydrogen-bond donors (Lipinski definition) is 2. The van der Waals surface area contributed by atoms with Crippen LogP contribution in [0.15, 0.2) is 29.3 Å². The largest absolute Gasteiger partial charge is 0.510 e. The first-order chi connectivity index (χ1) is 15.1. The molecule has 4 rings (SSSR count). The predicted molar refractivity (Wildman–Crippen MR) is 121 cm³/mol. The Balaban J connectivity index is 1.42. The van der Waals surface area contributed by atoms with Crippen LogP contribution in [-0.4, -0.2) is 85.9 Å². The van der Waals surface area contributed by atoms with Gasteiger partial charge in [-0.05, 0) is 24.6 Å². The van der Waals surface area contributed by atoms with Crippen LogP contribution < -0.4 is 9.47 Å². The Bertz CT molecular complexity index is 968. The van der Waals surface area contributed by atoms with E-state index in [2.05, 4.69) is 4.90 Å². The number of benzene rings is 1. The summed E-state index contributed by atoms with van der Waals surface area (Å²) in [6, 6.07) is 5.65. The fourth-order valence-corrected chi connectivity index (χ4v) is 4.77. The molecular weight excluding hydrogens is 416 g/mol. The van der Waals surface area contributed by atoms with E-state index in [0.29, 0.717) is 34.5 Å². The predicted octanol–water partition coefficient (Wildman–Crippen LogP) is 3.11. The van der Waals surface area contributed by atoms with Crippen LogP contribution in [-0.2, 0) is 4.74 Å². The number of morpholine rings is 1. The van der Waals surface area contributed by atoms with Gasteiger partial charge in [-0.1, -0.05) is 0 Å². The number of aliphatic hydroxyl groups excluding tert-OH is 1. The molecule has 1 saturated heterocycles. The number of aromatic nitrogens is 1. The zero-order valence-electron chi connectivity index (χ0n) is 17.9. The highest BCUT2D eigenvalue weighted by Gasteiger charge is 2.30. The van der Waals surface area contributed by atoms with Gasteiger partial charge in [0.1, 0.15) is 16.6 Å². The summed E-state index contributed by atoms with van der Waals surface area (Å²) >= 11 is 1.43. The smallest absolute Gasteiger partial charge is 0.161 e. The molecule has 0 saturated carbocycles. The second-order valence-corrected chi connectivity index (χ2v) is 8.37. The molecule has 2 aliphatic rings. The van der Waals surface area contributed by atoms with Crippen molar-refractivity contribution in [3.63, 3.8) is 0 Å². The Hall–Kier alpha value is -2.62. The molecule has 1 aromatic heterocycles. The third kappa shape index (κ3) is 4.68. The molecule has 0 amide bonds. The summed E-state index contributed by atoms with van der Waals surface area (Å²) < 4.78 is 16.1. The van der Waals surface area contributed by atoms with E-state index in [1.54, 1.807) is 14.2 Å². The van der Waals surface area contributed by atoms with Gasteiger partial charge in [0, 0.05) is 37.1 Å². The molecule has 166 valence electrons. The third-order valence-electron chi connectivity index (χ3n) is 5.59. The maximum atomic E-state index is 10.6. The second kappa shape index (κ2) is 9.67. The number of nitrogens with zero attached hydrogens (tertiary/aromatic N) is 3. The van der Waals surface area contributed by atoms with Crippen molar-refractivity contribution in [2.45, 2.75) is 6.42 Å². The number of ether oxygens (including phenoxy) is 3. The molecule has 0 spiro atoms. The van der Waals surface area contributed by atoms with Gasteiger partial charge >= 0.3 is 0 Å². The van der Waals surface area contributed by atoms with Crippen LogP contribution in [0.4, 0.5) is 0 Å². The Labute approximate surface area is 186 Å². The first kappa shape index (κ1) is 21.6. The van der Waals surface area contributed by atoms with Gasteiger partial charge in [-0.15, -0.1) is 11.3 Å². The summed E-state index contributed by atoms with van der Waals surface area (Å²) in [6.07, 6.45) is 0.942. The van der Waals surface area contributed by atoms with Crippen molar-refractivity contribution < 1.29 is 19.3 Å². The monoisotopic (exact) mass is 444 g/mol. The van der Waals surface area contributed by atoms with Crippen molar-refractivity contribution in [3.8, 4) is 22.8 Å². The number of rotatable bonds is 8. The number of thiazole rings is 1. The lowest BCUT2D eigenvalue weighted by Gasteiger charge is -2.27. The fourth-order valence-electron chi connectivity index (χ4n) is 3.88. The lowest BCUT2D eigenvalue weighted by molar-refractivity contribution is 0.0368. The van der Waals surface area contributed by atoms with Crippen LogP contribution in [0.3, 0.4) is 0 Å². The number of nitrogens with one attached hydrogen (secondary N) is 1. The van der Waals surface area contributed by atoms with Crippen molar-refractivity contribution in [3.05, 3.63) is 34.3 Å². The van der Waals surface area contributed by atoms with E-state index in [1.165, 1.54) is 11.3 Å². The van der Waals surface area contributed by atoms with Gasteiger partial charge in [0.25, 0.3) is 0 Å². The zero-order chi connectivity index (χ0) is 21.8. The molecule has 9 heteroatoms. The molecule has 1 fully saturated rings. The van der Waals surface area contributed by atoms with E-state index in [-0.39, 0.29) is 5.76 Å². The lowest BCUT2D eigenvalue weighted by Crippen LogP contribution is -2.38. The van der Waals surface area contributed by atoms with Crippen molar-refractivity contribution in [1.82, 2.24) is 14.8 Å². The van der Waals surface area contributed by atoms with Gasteiger partial charge in [0.05, 0.1) is 45.2 Å². The second-order valence-electron chi connectivity index (χ2n) is 7.51. The maximum absolute atomic E-state index is 10.6. The molecule has 3 heterocycles. The van der Waals surface area contributed by atoms with E-state index in [0.717, 1.165) is 57.1 Å². The highest BCUT2D eigenvalue weighted by Crippen LogP contribution is 2.35. The average molecular weight is 445 g/mol. The highest BCUT2D eigenvalue weighted by molar-refractivity contribution is 7.11. The van der Waals surface area contributed by atoms with Crippen molar-refractivity contribution in [2.24, 2.45) is 0 Å². The Morgan fingerprint density at radius 3 is 2.68 bits per heavy atom. The van der Waals surface area contributed by atoms with Crippen LogP contribution in [0.25, 0.3) is 16.8 Å². The van der Waals surface area contributed by atoms with E-state index in [9.17, 15) is 5.11 Å². The summed E-state index contributed by atoms with van der Waals surface area (Å²) in [4.78, 5) is 9.00. The lowest BCUT2D eigenvalue weighted by atomic mass is 10.1. The number of hydrogen-bond acceptors (Lipinski definition) is 8. The topological polar surface area (TPSA) is 91.1 Å². The molecule has 0 bridgehead atoms. The van der Waals surface area contributed by atoms with Crippen LogP contribution in [0.5, 0.6) is 11.5 Å². The van der Waals surface area contributed by atoms with Crippen LogP contribution >= 0.6 is 11.3 Å². The molecule has 0 aliphatic carbocycles. The summed E-state index contributed by atoms with van der Waals surface area (Å²) in [7, 11) is 3.20. The average Bonchev–Trinajstić information content (AvgIpc) is 3.38. The van der Waals surface area contributed by atoms with Gasteiger partial charge in [0.15, 0.2) is 11.5 Å². The van der Waals surface area contributed by atoms with E-state index in [1.807, 2.05) is 28.5 Å².